The summed E-state index contributed by atoms with van der Waals surface area (Å²) in [6, 6.07) is 17.4. The zero-order valence-electron chi connectivity index (χ0n) is 16.3. The molecule has 0 spiro atoms. The molecular weight excluding hydrogens is 391 g/mol. The zero-order valence-corrected chi connectivity index (χ0v) is 16.3. The first-order chi connectivity index (χ1) is 14.3. The van der Waals surface area contributed by atoms with Crippen molar-refractivity contribution in [2.75, 3.05) is 7.11 Å². The van der Waals surface area contributed by atoms with E-state index in [1.807, 2.05) is 6.92 Å². The number of aromatic amines is 1. The van der Waals surface area contributed by atoms with Crippen molar-refractivity contribution in [3.05, 3.63) is 88.2 Å². The summed E-state index contributed by atoms with van der Waals surface area (Å²) < 4.78 is 44.2. The molecule has 3 aromatic carbocycles. The maximum atomic E-state index is 13.1. The van der Waals surface area contributed by atoms with Crippen LogP contribution in [0.2, 0.25) is 0 Å². The summed E-state index contributed by atoms with van der Waals surface area (Å²) in [5.74, 6) is 0.649. The number of halogens is 3. The van der Waals surface area contributed by atoms with E-state index < -0.39 is 11.7 Å². The highest BCUT2D eigenvalue weighted by Crippen LogP contribution is 2.33. The maximum absolute atomic E-state index is 13.1. The Hall–Kier alpha value is -3.54. The molecule has 0 aliphatic heterocycles. The van der Waals surface area contributed by atoms with E-state index in [0.29, 0.717) is 44.6 Å². The average Bonchev–Trinajstić information content (AvgIpc) is 2.73. The summed E-state index contributed by atoms with van der Waals surface area (Å²) in [5, 5.41) is 0.540. The largest absolute Gasteiger partial charge is 0.497 e. The Morgan fingerprint density at radius 3 is 2.23 bits per heavy atom. The van der Waals surface area contributed by atoms with Gasteiger partial charge in [0.2, 0.25) is 0 Å². The van der Waals surface area contributed by atoms with Crippen LogP contribution in [-0.4, -0.2) is 12.1 Å². The molecule has 0 bridgehead atoms. The second kappa shape index (κ2) is 7.37. The number of H-pyrrole nitrogens is 1. The van der Waals surface area contributed by atoms with Crippen molar-refractivity contribution in [1.29, 1.82) is 0 Å². The molecule has 0 unspecified atom stereocenters. The van der Waals surface area contributed by atoms with Crippen LogP contribution in [0.4, 0.5) is 13.2 Å². The van der Waals surface area contributed by atoms with Crippen molar-refractivity contribution >= 4 is 10.9 Å². The summed E-state index contributed by atoms with van der Waals surface area (Å²) in [4.78, 5) is 16.3. The maximum Gasteiger partial charge on any atom is 0.416 e. The summed E-state index contributed by atoms with van der Waals surface area (Å²) in [5.41, 5.74) is 2.91. The van der Waals surface area contributed by atoms with Crippen LogP contribution in [0.1, 0.15) is 11.3 Å². The van der Waals surface area contributed by atoms with Gasteiger partial charge >= 0.3 is 6.18 Å². The quantitative estimate of drug-likeness (QED) is 0.438. The molecule has 1 heterocycles. The lowest BCUT2D eigenvalue weighted by Gasteiger charge is -2.11. The molecule has 0 aliphatic rings. The van der Waals surface area contributed by atoms with Crippen molar-refractivity contribution in [2.24, 2.45) is 0 Å². The molecule has 0 amide bonds. The van der Waals surface area contributed by atoms with E-state index in [4.69, 9.17) is 4.74 Å². The lowest BCUT2D eigenvalue weighted by molar-refractivity contribution is -0.137. The monoisotopic (exact) mass is 409 g/mol. The number of aryl methyl sites for hydroxylation is 1. The van der Waals surface area contributed by atoms with Crippen LogP contribution in [0.5, 0.6) is 5.75 Å². The number of fused-ring (bicyclic) bond motifs is 1. The predicted octanol–water partition coefficient (Wildman–Crippen LogP) is 6.20. The summed E-state index contributed by atoms with van der Waals surface area (Å²) in [6.45, 7) is 1.82. The van der Waals surface area contributed by atoms with Crippen LogP contribution in [0.3, 0.4) is 0 Å². The van der Waals surface area contributed by atoms with E-state index in [1.54, 1.807) is 55.6 Å². The van der Waals surface area contributed by atoms with E-state index >= 15 is 0 Å². The fraction of sp³-hybridized carbons (Fsp3) is 0.125. The van der Waals surface area contributed by atoms with E-state index in [9.17, 15) is 18.0 Å². The molecular formula is C24H18F3NO2. The van der Waals surface area contributed by atoms with Gasteiger partial charge in [0.05, 0.1) is 18.2 Å². The van der Waals surface area contributed by atoms with Gasteiger partial charge in [-0.3, -0.25) is 4.79 Å². The first-order valence-corrected chi connectivity index (χ1v) is 9.26. The lowest BCUT2D eigenvalue weighted by atomic mass is 9.97. The smallest absolute Gasteiger partial charge is 0.416 e. The number of hydrogen-bond donors (Lipinski definition) is 1. The summed E-state index contributed by atoms with van der Waals surface area (Å²) >= 11 is 0. The molecule has 0 radical (unpaired) electrons. The van der Waals surface area contributed by atoms with Crippen molar-refractivity contribution in [3.8, 4) is 28.0 Å². The highest BCUT2D eigenvalue weighted by Gasteiger charge is 2.30. The van der Waals surface area contributed by atoms with Gasteiger partial charge < -0.3 is 9.72 Å². The number of nitrogens with one attached hydrogen (secondary N) is 1. The average molecular weight is 409 g/mol. The van der Waals surface area contributed by atoms with Gasteiger partial charge in [-0.2, -0.15) is 13.2 Å². The summed E-state index contributed by atoms with van der Waals surface area (Å²) in [6.07, 6.45) is -4.39. The molecule has 3 nitrogen and oxygen atoms in total. The van der Waals surface area contributed by atoms with E-state index in [2.05, 4.69) is 4.98 Å². The molecule has 30 heavy (non-hydrogen) atoms. The van der Waals surface area contributed by atoms with Crippen LogP contribution in [0.15, 0.2) is 71.5 Å². The molecule has 4 rings (SSSR count). The van der Waals surface area contributed by atoms with Crippen molar-refractivity contribution in [3.63, 3.8) is 0 Å². The number of hydrogen-bond acceptors (Lipinski definition) is 2. The fourth-order valence-electron chi connectivity index (χ4n) is 3.57. The molecule has 1 N–H and O–H groups in total. The first kappa shape index (κ1) is 19.8. The van der Waals surface area contributed by atoms with Crippen molar-refractivity contribution in [2.45, 2.75) is 13.1 Å². The molecule has 0 saturated heterocycles. The number of benzene rings is 3. The van der Waals surface area contributed by atoms with Gasteiger partial charge in [-0.15, -0.1) is 0 Å². The van der Waals surface area contributed by atoms with Crippen LogP contribution < -0.4 is 10.2 Å². The van der Waals surface area contributed by atoms with Gasteiger partial charge in [0.15, 0.2) is 5.43 Å². The number of ether oxygens (including phenoxy) is 1. The Kier molecular flexibility index (Phi) is 4.86. The van der Waals surface area contributed by atoms with Crippen LogP contribution in [0, 0.1) is 6.92 Å². The minimum Gasteiger partial charge on any atom is -0.497 e. The van der Waals surface area contributed by atoms with Crippen LogP contribution in [-0.2, 0) is 6.18 Å². The predicted molar refractivity (Wildman–Crippen MR) is 112 cm³/mol. The standard InChI is InChI=1S/C24H18F3NO2/c1-14-22(23(29)20-11-10-19(30-2)13-21(20)28-14)16-8-6-15(7-9-16)17-4-3-5-18(12-17)24(25,26)27/h3-13H,1-2H3,(H,28,29). The minimum atomic E-state index is -4.39. The molecule has 0 aliphatic carbocycles. The molecule has 0 fully saturated rings. The number of methoxy groups -OCH3 is 1. The normalized spacial score (nSPS) is 11.6. The first-order valence-electron chi connectivity index (χ1n) is 9.26. The molecule has 0 atom stereocenters. The molecule has 0 saturated carbocycles. The Morgan fingerprint density at radius 2 is 1.57 bits per heavy atom. The summed E-state index contributed by atoms with van der Waals surface area (Å²) in [7, 11) is 1.56. The minimum absolute atomic E-state index is 0.115. The van der Waals surface area contributed by atoms with Gasteiger partial charge in [-0.1, -0.05) is 36.4 Å². The second-order valence-electron chi connectivity index (χ2n) is 7.02. The molecule has 6 heteroatoms. The fourth-order valence-corrected chi connectivity index (χ4v) is 3.57. The Balaban J connectivity index is 1.76. The third kappa shape index (κ3) is 3.56. The topological polar surface area (TPSA) is 42.1 Å². The van der Waals surface area contributed by atoms with E-state index in [0.717, 1.165) is 12.1 Å². The third-order valence-corrected chi connectivity index (χ3v) is 5.09. The molecule has 1 aromatic heterocycles. The zero-order chi connectivity index (χ0) is 21.5. The molecule has 4 aromatic rings. The highest BCUT2D eigenvalue weighted by molar-refractivity contribution is 5.86. The SMILES string of the molecule is COc1ccc2c(=O)c(-c3ccc(-c4cccc(C(F)(F)F)c4)cc3)c(C)[nH]c2c1. The van der Waals surface area contributed by atoms with Crippen LogP contribution >= 0.6 is 0 Å². The van der Waals surface area contributed by atoms with Gasteiger partial charge in [-0.25, -0.2) is 0 Å². The number of aromatic nitrogens is 1. The third-order valence-electron chi connectivity index (χ3n) is 5.09. The van der Waals surface area contributed by atoms with Crippen LogP contribution in [0.25, 0.3) is 33.2 Å². The van der Waals surface area contributed by atoms with Crippen molar-refractivity contribution in [1.82, 2.24) is 4.98 Å². The van der Waals surface area contributed by atoms with Gasteiger partial charge in [0.25, 0.3) is 0 Å². The Labute approximate surface area is 170 Å². The number of pyridine rings is 1. The van der Waals surface area contributed by atoms with Crippen molar-refractivity contribution < 1.29 is 17.9 Å². The second-order valence-corrected chi connectivity index (χ2v) is 7.02. The number of rotatable bonds is 3. The van der Waals surface area contributed by atoms with Gasteiger partial charge in [-0.05, 0) is 47.9 Å². The number of alkyl halides is 3. The Morgan fingerprint density at radius 1 is 0.867 bits per heavy atom. The van der Waals surface area contributed by atoms with Gasteiger partial charge in [0.1, 0.15) is 5.75 Å². The van der Waals surface area contributed by atoms with E-state index in [1.165, 1.54) is 6.07 Å². The van der Waals surface area contributed by atoms with E-state index in [-0.39, 0.29) is 5.43 Å². The Bertz CT molecular complexity index is 1290. The molecule has 152 valence electrons. The highest BCUT2D eigenvalue weighted by atomic mass is 19.4. The lowest BCUT2D eigenvalue weighted by Crippen LogP contribution is -2.09. The van der Waals surface area contributed by atoms with Gasteiger partial charge in [0, 0.05) is 22.7 Å².